The number of amides is 1. The number of hydrogen-bond acceptors (Lipinski definition) is 1. The van der Waals surface area contributed by atoms with E-state index in [0.29, 0.717) is 0 Å². The average Bonchev–Trinajstić information content (AvgIpc) is 2.44. The molecule has 1 aromatic rings. The number of piperidine rings is 1. The van der Waals surface area contributed by atoms with Gasteiger partial charge in [-0.25, -0.2) is 8.78 Å². The van der Waals surface area contributed by atoms with E-state index in [1.165, 1.54) is 0 Å². The number of benzene rings is 1. The largest absolute Gasteiger partial charge is 0.393 e. The first-order chi connectivity index (χ1) is 10.2. The van der Waals surface area contributed by atoms with Crippen molar-refractivity contribution < 1.29 is 26.7 Å². The lowest BCUT2D eigenvalue weighted by molar-refractivity contribution is -0.187. The Hall–Kier alpha value is -1.18. The molecule has 122 valence electrons. The summed E-state index contributed by atoms with van der Waals surface area (Å²) in [5.41, 5.74) is -0.167. The highest BCUT2D eigenvalue weighted by atomic mass is 79.9. The topological polar surface area (TPSA) is 20.3 Å². The molecule has 2 nitrogen and oxygen atoms in total. The Bertz CT molecular complexity index is 575. The summed E-state index contributed by atoms with van der Waals surface area (Å²) in [6.07, 6.45) is -4.59. The number of nitrogens with zero attached hydrogens (tertiary/aromatic N) is 1. The summed E-state index contributed by atoms with van der Waals surface area (Å²) in [7, 11) is 0. The van der Waals surface area contributed by atoms with Crippen molar-refractivity contribution >= 4 is 21.8 Å². The Labute approximate surface area is 132 Å². The fourth-order valence-electron chi connectivity index (χ4n) is 2.44. The van der Waals surface area contributed by atoms with E-state index >= 15 is 0 Å². The van der Waals surface area contributed by atoms with Crippen LogP contribution in [0, 0.1) is 17.6 Å². The summed E-state index contributed by atoms with van der Waals surface area (Å²) in [6.45, 7) is -0.227. The van der Waals surface area contributed by atoms with Gasteiger partial charge in [-0.3, -0.25) is 4.79 Å². The minimum absolute atomic E-state index is 0.0193. The zero-order valence-electron chi connectivity index (χ0n) is 11.4. The standard InChI is InChI=1S/C14H13BrF5NO/c15-10-6-11(16)8(4-12(10)17)5-13(22)21-3-1-2-9(7-21)14(18,19)20/h4,6,9H,1-3,5,7H2. The second-order valence-corrected chi connectivity index (χ2v) is 6.11. The quantitative estimate of drug-likeness (QED) is 0.555. The second-order valence-electron chi connectivity index (χ2n) is 5.26. The van der Waals surface area contributed by atoms with Crippen molar-refractivity contribution in [1.82, 2.24) is 4.90 Å². The third kappa shape index (κ3) is 3.97. The highest BCUT2D eigenvalue weighted by molar-refractivity contribution is 9.10. The molecule has 1 amide bonds. The van der Waals surface area contributed by atoms with Crippen molar-refractivity contribution in [3.63, 3.8) is 0 Å². The van der Waals surface area contributed by atoms with Gasteiger partial charge >= 0.3 is 6.18 Å². The van der Waals surface area contributed by atoms with E-state index in [0.717, 1.165) is 17.0 Å². The number of halogens is 6. The minimum Gasteiger partial charge on any atom is -0.342 e. The summed E-state index contributed by atoms with van der Waals surface area (Å²) < 4.78 is 65.1. The van der Waals surface area contributed by atoms with Crippen molar-refractivity contribution in [2.24, 2.45) is 5.92 Å². The average molecular weight is 386 g/mol. The highest BCUT2D eigenvalue weighted by Gasteiger charge is 2.42. The van der Waals surface area contributed by atoms with Gasteiger partial charge in [0, 0.05) is 18.7 Å². The van der Waals surface area contributed by atoms with Gasteiger partial charge in [0.2, 0.25) is 5.91 Å². The van der Waals surface area contributed by atoms with Gasteiger partial charge in [0.1, 0.15) is 11.6 Å². The van der Waals surface area contributed by atoms with Gasteiger partial charge in [0.15, 0.2) is 0 Å². The summed E-state index contributed by atoms with van der Waals surface area (Å²) >= 11 is 2.82. The Morgan fingerprint density at radius 2 is 1.95 bits per heavy atom. The number of rotatable bonds is 2. The Kier molecular flexibility index (Phi) is 5.09. The van der Waals surface area contributed by atoms with Gasteiger partial charge in [-0.15, -0.1) is 0 Å². The third-order valence-electron chi connectivity index (χ3n) is 3.67. The molecule has 1 aliphatic rings. The molecule has 8 heteroatoms. The predicted octanol–water partition coefficient (Wildman–Crippen LogP) is 4.07. The molecule has 0 spiro atoms. The molecule has 2 rings (SSSR count). The van der Waals surface area contributed by atoms with Crippen molar-refractivity contribution in [2.45, 2.75) is 25.4 Å². The predicted molar refractivity (Wildman–Crippen MR) is 73.1 cm³/mol. The van der Waals surface area contributed by atoms with Gasteiger partial charge in [0.25, 0.3) is 0 Å². The second kappa shape index (κ2) is 6.52. The molecule has 0 N–H and O–H groups in total. The van der Waals surface area contributed by atoms with Crippen LogP contribution in [0.25, 0.3) is 0 Å². The molecule has 1 heterocycles. The molecule has 1 aliphatic heterocycles. The molecule has 0 aliphatic carbocycles. The number of alkyl halides is 3. The maximum Gasteiger partial charge on any atom is 0.393 e. The van der Waals surface area contributed by atoms with Crippen LogP contribution >= 0.6 is 15.9 Å². The Morgan fingerprint density at radius 1 is 1.27 bits per heavy atom. The van der Waals surface area contributed by atoms with Crippen LogP contribution in [0.4, 0.5) is 22.0 Å². The van der Waals surface area contributed by atoms with E-state index in [4.69, 9.17) is 0 Å². The Balaban J connectivity index is 2.08. The van der Waals surface area contributed by atoms with Crippen molar-refractivity contribution in [3.8, 4) is 0 Å². The highest BCUT2D eigenvalue weighted by Crippen LogP contribution is 2.33. The fraction of sp³-hybridized carbons (Fsp3) is 0.500. The van der Waals surface area contributed by atoms with E-state index in [1.807, 2.05) is 0 Å². The van der Waals surface area contributed by atoms with Crippen LogP contribution in [0.5, 0.6) is 0 Å². The molecule has 0 bridgehead atoms. The number of hydrogen-bond donors (Lipinski definition) is 0. The fourth-order valence-corrected chi connectivity index (χ4v) is 2.76. The molecule has 1 unspecified atom stereocenters. The first kappa shape index (κ1) is 17.2. The smallest absolute Gasteiger partial charge is 0.342 e. The summed E-state index contributed by atoms with van der Waals surface area (Å²) in [5.74, 6) is -3.69. The molecule has 22 heavy (non-hydrogen) atoms. The molecule has 1 atom stereocenters. The van der Waals surface area contributed by atoms with Crippen molar-refractivity contribution in [1.29, 1.82) is 0 Å². The maximum atomic E-state index is 13.7. The summed E-state index contributed by atoms with van der Waals surface area (Å²) in [5, 5.41) is 0. The van der Waals surface area contributed by atoms with Gasteiger partial charge < -0.3 is 4.90 Å². The van der Waals surface area contributed by atoms with E-state index in [2.05, 4.69) is 15.9 Å². The van der Waals surface area contributed by atoms with E-state index in [1.54, 1.807) is 0 Å². The van der Waals surface area contributed by atoms with Gasteiger partial charge in [-0.2, -0.15) is 13.2 Å². The van der Waals surface area contributed by atoms with Gasteiger partial charge in [-0.1, -0.05) is 0 Å². The first-order valence-electron chi connectivity index (χ1n) is 6.66. The summed E-state index contributed by atoms with van der Waals surface area (Å²) in [4.78, 5) is 13.1. The molecule has 1 saturated heterocycles. The molecule has 0 aromatic heterocycles. The lowest BCUT2D eigenvalue weighted by Gasteiger charge is -2.33. The van der Waals surface area contributed by atoms with Crippen LogP contribution in [0.15, 0.2) is 16.6 Å². The monoisotopic (exact) mass is 385 g/mol. The molecule has 0 radical (unpaired) electrons. The normalized spacial score (nSPS) is 19.4. The molecular weight excluding hydrogens is 373 g/mol. The molecule has 1 fully saturated rings. The first-order valence-corrected chi connectivity index (χ1v) is 7.45. The number of likely N-dealkylation sites (tertiary alicyclic amines) is 1. The number of carbonyl (C=O) groups excluding carboxylic acids is 1. The van der Waals surface area contributed by atoms with E-state index in [9.17, 15) is 26.7 Å². The maximum absolute atomic E-state index is 13.7. The van der Waals surface area contributed by atoms with Crippen LogP contribution < -0.4 is 0 Å². The lowest BCUT2D eigenvalue weighted by Crippen LogP contribution is -2.45. The van der Waals surface area contributed by atoms with Crippen molar-refractivity contribution in [2.75, 3.05) is 13.1 Å². The lowest BCUT2D eigenvalue weighted by atomic mass is 9.97. The van der Waals surface area contributed by atoms with Crippen LogP contribution in [0.3, 0.4) is 0 Å². The van der Waals surface area contributed by atoms with E-state index < -0.39 is 42.6 Å². The minimum atomic E-state index is -4.35. The summed E-state index contributed by atoms with van der Waals surface area (Å²) in [6, 6.07) is 1.77. The molecule has 1 aromatic carbocycles. The van der Waals surface area contributed by atoms with Crippen LogP contribution in [-0.2, 0) is 11.2 Å². The van der Waals surface area contributed by atoms with Gasteiger partial charge in [0.05, 0.1) is 16.8 Å². The van der Waals surface area contributed by atoms with Gasteiger partial charge in [-0.05, 0) is 40.9 Å². The zero-order chi connectivity index (χ0) is 16.5. The van der Waals surface area contributed by atoms with E-state index in [-0.39, 0.29) is 29.4 Å². The van der Waals surface area contributed by atoms with Crippen LogP contribution in [0.2, 0.25) is 0 Å². The zero-order valence-corrected chi connectivity index (χ0v) is 13.0. The third-order valence-corrected chi connectivity index (χ3v) is 4.28. The Morgan fingerprint density at radius 3 is 2.59 bits per heavy atom. The molecule has 0 saturated carbocycles. The van der Waals surface area contributed by atoms with Crippen LogP contribution in [0.1, 0.15) is 18.4 Å². The van der Waals surface area contributed by atoms with Crippen molar-refractivity contribution in [3.05, 3.63) is 33.8 Å². The number of carbonyl (C=O) groups is 1. The SMILES string of the molecule is O=C(Cc1cc(F)c(Br)cc1F)N1CCCC(C(F)(F)F)C1. The van der Waals surface area contributed by atoms with Crippen LogP contribution in [-0.4, -0.2) is 30.1 Å². The molecular formula is C14H13BrF5NO.